The van der Waals surface area contributed by atoms with Gasteiger partial charge in [-0.15, -0.1) is 12.4 Å². The van der Waals surface area contributed by atoms with Crippen molar-refractivity contribution in [2.24, 2.45) is 5.73 Å². The molecule has 1 fully saturated rings. The number of rotatable bonds is 6. The Labute approximate surface area is 141 Å². The number of hydrogen-bond donors (Lipinski definition) is 3. The zero-order chi connectivity index (χ0) is 15.9. The van der Waals surface area contributed by atoms with Gasteiger partial charge >= 0.3 is 0 Å². The third kappa shape index (κ3) is 5.70. The predicted octanol–water partition coefficient (Wildman–Crippen LogP) is 0.678. The number of halogens is 1. The number of anilines is 1. The molecular formula is C15H22ClN3O4. The molecule has 2 amide bonds. The maximum absolute atomic E-state index is 12.1. The molecule has 0 bridgehead atoms. The highest BCUT2D eigenvalue weighted by molar-refractivity contribution is 5.94. The Balaban J connectivity index is 0.00000264. The van der Waals surface area contributed by atoms with Gasteiger partial charge in [-0.1, -0.05) is 0 Å². The van der Waals surface area contributed by atoms with Crippen LogP contribution in [0.4, 0.5) is 5.69 Å². The predicted molar refractivity (Wildman–Crippen MR) is 88.8 cm³/mol. The molecule has 0 aliphatic carbocycles. The Bertz CT molecular complexity index is 524. The minimum Gasteiger partial charge on any atom is -0.484 e. The molecule has 7 nitrogen and oxygen atoms in total. The van der Waals surface area contributed by atoms with Crippen molar-refractivity contribution in [3.63, 3.8) is 0 Å². The van der Waals surface area contributed by atoms with Crippen molar-refractivity contribution in [3.05, 3.63) is 24.3 Å². The van der Waals surface area contributed by atoms with E-state index in [-0.39, 0.29) is 36.9 Å². The number of benzene rings is 1. The molecule has 1 aromatic carbocycles. The molecule has 0 unspecified atom stereocenters. The molecule has 1 aliphatic heterocycles. The van der Waals surface area contributed by atoms with Gasteiger partial charge in [0.25, 0.3) is 11.8 Å². The highest BCUT2D eigenvalue weighted by Crippen LogP contribution is 2.21. The van der Waals surface area contributed by atoms with Crippen molar-refractivity contribution in [1.29, 1.82) is 0 Å². The maximum Gasteiger partial charge on any atom is 0.257 e. The summed E-state index contributed by atoms with van der Waals surface area (Å²) in [5.74, 6) is 0.183. The fraction of sp³-hybridized carbons (Fsp3) is 0.467. The standard InChI is InChI=1S/C15H21N3O4.ClH/c1-17-14(19)9-21-11-4-2-10(3-5-11)18-15(20)13-7-6-12(8-16)22-13;/h2-5,12-13H,6-9,16H2,1H3,(H,17,19)(H,18,20);1H/t12-,13+;/m1./s1. The fourth-order valence-corrected chi connectivity index (χ4v) is 2.15. The zero-order valence-electron chi connectivity index (χ0n) is 12.9. The molecular weight excluding hydrogens is 322 g/mol. The SMILES string of the molecule is CNC(=O)COc1ccc(NC(=O)[C@@H]2CC[C@H](CN)O2)cc1.Cl. The molecule has 0 radical (unpaired) electrons. The Morgan fingerprint density at radius 1 is 1.30 bits per heavy atom. The van der Waals surface area contributed by atoms with E-state index < -0.39 is 6.10 Å². The Kier molecular flexibility index (Phi) is 7.80. The van der Waals surface area contributed by atoms with Crippen LogP contribution in [0.3, 0.4) is 0 Å². The Morgan fingerprint density at radius 3 is 2.57 bits per heavy atom. The summed E-state index contributed by atoms with van der Waals surface area (Å²) < 4.78 is 10.8. The number of amides is 2. The van der Waals surface area contributed by atoms with Gasteiger partial charge in [-0.05, 0) is 37.1 Å². The molecule has 1 aromatic rings. The summed E-state index contributed by atoms with van der Waals surface area (Å²) in [7, 11) is 1.55. The summed E-state index contributed by atoms with van der Waals surface area (Å²) in [5, 5.41) is 5.26. The lowest BCUT2D eigenvalue weighted by Gasteiger charge is -2.13. The summed E-state index contributed by atoms with van der Waals surface area (Å²) in [6, 6.07) is 6.81. The van der Waals surface area contributed by atoms with Crippen LogP contribution in [0.1, 0.15) is 12.8 Å². The molecule has 8 heteroatoms. The second-order valence-electron chi connectivity index (χ2n) is 5.04. The minimum absolute atomic E-state index is 0. The van der Waals surface area contributed by atoms with Crippen LogP contribution in [0.25, 0.3) is 0 Å². The van der Waals surface area contributed by atoms with E-state index in [1.165, 1.54) is 0 Å². The van der Waals surface area contributed by atoms with Gasteiger partial charge < -0.3 is 25.8 Å². The molecule has 2 rings (SSSR count). The van der Waals surface area contributed by atoms with Crippen molar-refractivity contribution in [2.45, 2.75) is 25.0 Å². The van der Waals surface area contributed by atoms with E-state index in [0.717, 1.165) is 6.42 Å². The summed E-state index contributed by atoms with van der Waals surface area (Å²) in [6.45, 7) is 0.389. The van der Waals surface area contributed by atoms with Crippen LogP contribution in [0, 0.1) is 0 Å². The van der Waals surface area contributed by atoms with E-state index in [1.807, 2.05) is 0 Å². The first-order valence-electron chi connectivity index (χ1n) is 7.22. The highest BCUT2D eigenvalue weighted by Gasteiger charge is 2.29. The lowest BCUT2D eigenvalue weighted by atomic mass is 10.2. The first-order valence-corrected chi connectivity index (χ1v) is 7.22. The van der Waals surface area contributed by atoms with Crippen molar-refractivity contribution in [1.82, 2.24) is 5.32 Å². The van der Waals surface area contributed by atoms with Crippen molar-refractivity contribution in [3.8, 4) is 5.75 Å². The van der Waals surface area contributed by atoms with Crippen LogP contribution in [0.2, 0.25) is 0 Å². The molecule has 0 aromatic heterocycles. The number of hydrogen-bond acceptors (Lipinski definition) is 5. The monoisotopic (exact) mass is 343 g/mol. The van der Waals surface area contributed by atoms with E-state index in [4.69, 9.17) is 15.2 Å². The van der Waals surface area contributed by atoms with Crippen molar-refractivity contribution < 1.29 is 19.1 Å². The number of likely N-dealkylation sites (N-methyl/N-ethyl adjacent to an activating group) is 1. The average Bonchev–Trinajstić information content (AvgIpc) is 3.03. The molecule has 1 saturated heterocycles. The van der Waals surface area contributed by atoms with Gasteiger partial charge in [-0.25, -0.2) is 0 Å². The van der Waals surface area contributed by atoms with E-state index in [0.29, 0.717) is 24.4 Å². The molecule has 0 spiro atoms. The first kappa shape index (κ1) is 19.2. The van der Waals surface area contributed by atoms with Crippen LogP contribution in [-0.2, 0) is 14.3 Å². The van der Waals surface area contributed by atoms with Crippen LogP contribution in [0.5, 0.6) is 5.75 Å². The first-order chi connectivity index (χ1) is 10.6. The van der Waals surface area contributed by atoms with Gasteiger partial charge in [-0.3, -0.25) is 9.59 Å². The maximum atomic E-state index is 12.1. The van der Waals surface area contributed by atoms with Gasteiger partial charge in [0.2, 0.25) is 0 Å². The largest absolute Gasteiger partial charge is 0.484 e. The van der Waals surface area contributed by atoms with Gasteiger partial charge in [-0.2, -0.15) is 0 Å². The summed E-state index contributed by atoms with van der Waals surface area (Å²) in [5.41, 5.74) is 6.18. The minimum atomic E-state index is -0.447. The molecule has 4 N–H and O–H groups in total. The lowest BCUT2D eigenvalue weighted by molar-refractivity contribution is -0.126. The second kappa shape index (κ2) is 9.34. The fourth-order valence-electron chi connectivity index (χ4n) is 2.15. The van der Waals surface area contributed by atoms with Crippen LogP contribution in [-0.4, -0.2) is 44.2 Å². The number of nitrogens with one attached hydrogen (secondary N) is 2. The third-order valence-corrected chi connectivity index (χ3v) is 3.43. The average molecular weight is 344 g/mol. The Hall–Kier alpha value is -1.83. The van der Waals surface area contributed by atoms with Gasteiger partial charge in [0.1, 0.15) is 11.9 Å². The van der Waals surface area contributed by atoms with Crippen molar-refractivity contribution in [2.75, 3.05) is 25.5 Å². The number of carbonyl (C=O) groups excluding carboxylic acids is 2. The van der Waals surface area contributed by atoms with E-state index in [2.05, 4.69) is 10.6 Å². The normalized spacial score (nSPS) is 19.6. The second-order valence-corrected chi connectivity index (χ2v) is 5.04. The van der Waals surface area contributed by atoms with E-state index in [9.17, 15) is 9.59 Å². The van der Waals surface area contributed by atoms with Gasteiger partial charge in [0.15, 0.2) is 6.61 Å². The summed E-state index contributed by atoms with van der Waals surface area (Å²) in [6.07, 6.45) is 1.01. The van der Waals surface area contributed by atoms with Gasteiger partial charge in [0, 0.05) is 19.3 Å². The summed E-state index contributed by atoms with van der Waals surface area (Å²) >= 11 is 0. The number of carbonyl (C=O) groups is 2. The van der Waals surface area contributed by atoms with Crippen LogP contribution < -0.4 is 21.1 Å². The molecule has 2 atom stereocenters. The molecule has 128 valence electrons. The highest BCUT2D eigenvalue weighted by atomic mass is 35.5. The molecule has 0 saturated carbocycles. The molecule has 1 aliphatic rings. The quantitative estimate of drug-likeness (QED) is 0.704. The number of ether oxygens (including phenoxy) is 2. The van der Waals surface area contributed by atoms with E-state index in [1.54, 1.807) is 31.3 Å². The van der Waals surface area contributed by atoms with Crippen LogP contribution in [0.15, 0.2) is 24.3 Å². The van der Waals surface area contributed by atoms with Crippen LogP contribution >= 0.6 is 12.4 Å². The lowest BCUT2D eigenvalue weighted by Crippen LogP contribution is -2.29. The van der Waals surface area contributed by atoms with Crippen molar-refractivity contribution >= 4 is 29.9 Å². The topological polar surface area (TPSA) is 103 Å². The third-order valence-electron chi connectivity index (χ3n) is 3.43. The molecule has 1 heterocycles. The van der Waals surface area contributed by atoms with Gasteiger partial charge in [0.05, 0.1) is 6.10 Å². The Morgan fingerprint density at radius 2 is 2.00 bits per heavy atom. The smallest absolute Gasteiger partial charge is 0.257 e. The van der Waals surface area contributed by atoms with E-state index >= 15 is 0 Å². The molecule has 23 heavy (non-hydrogen) atoms. The number of nitrogens with two attached hydrogens (primary N) is 1. The zero-order valence-corrected chi connectivity index (χ0v) is 13.7. The summed E-state index contributed by atoms with van der Waals surface area (Å²) in [4.78, 5) is 23.1.